The average Bonchev–Trinajstić information content (AvgIpc) is 2.88. The Morgan fingerprint density at radius 3 is 2.60 bits per heavy atom. The van der Waals surface area contributed by atoms with E-state index < -0.39 is 5.92 Å². The lowest BCUT2D eigenvalue weighted by atomic mass is 9.92. The third-order valence-corrected chi connectivity index (χ3v) is 4.33. The minimum atomic E-state index is -2.57. The smallest absolute Gasteiger partial charge is 0.252 e. The van der Waals surface area contributed by atoms with Gasteiger partial charge in [0.1, 0.15) is 12.1 Å². The van der Waals surface area contributed by atoms with Crippen molar-refractivity contribution >= 4 is 12.1 Å². The predicted octanol–water partition coefficient (Wildman–Crippen LogP) is 3.01. The summed E-state index contributed by atoms with van der Waals surface area (Å²) in [6, 6.07) is 3.54. The summed E-state index contributed by atoms with van der Waals surface area (Å²) in [7, 11) is 0. The van der Waals surface area contributed by atoms with Gasteiger partial charge in [-0.05, 0) is 32.8 Å². The number of nitrogens with one attached hydrogen (secondary N) is 1. The molecule has 1 aliphatic rings. The summed E-state index contributed by atoms with van der Waals surface area (Å²) >= 11 is 0. The number of alkyl halides is 2. The second kappa shape index (κ2) is 6.85. The summed E-state index contributed by atoms with van der Waals surface area (Å²) in [5.41, 5.74) is 2.28. The van der Waals surface area contributed by atoms with Gasteiger partial charge in [0.2, 0.25) is 5.92 Å². The van der Waals surface area contributed by atoms with Crippen molar-refractivity contribution in [3.05, 3.63) is 29.2 Å². The first-order valence-corrected chi connectivity index (χ1v) is 8.36. The Bertz CT molecular complexity index is 764. The van der Waals surface area contributed by atoms with Crippen LogP contribution in [0.4, 0.5) is 14.6 Å². The first-order valence-electron chi connectivity index (χ1n) is 8.36. The monoisotopic (exact) mass is 349 g/mol. The van der Waals surface area contributed by atoms with E-state index in [4.69, 9.17) is 0 Å². The van der Waals surface area contributed by atoms with Gasteiger partial charge in [-0.25, -0.2) is 18.4 Å². The standard InChI is InChI=1S/C17H21F2N5O/c1-11-9-12(2)24(23-11)16-21-14(5-8-25)10-15(22-16)20-13-3-6-17(18,19)7-4-13/h8-10,13H,3-7H2,1-2H3,(H,20,21,22). The first-order chi connectivity index (χ1) is 11.9. The number of aldehydes is 1. The quantitative estimate of drug-likeness (QED) is 0.840. The highest BCUT2D eigenvalue weighted by Gasteiger charge is 2.35. The van der Waals surface area contributed by atoms with Crippen LogP contribution in [0.25, 0.3) is 5.95 Å². The number of anilines is 1. The fraction of sp³-hybridized carbons (Fsp3) is 0.529. The summed E-state index contributed by atoms with van der Waals surface area (Å²) in [6.45, 7) is 3.77. The number of rotatable bonds is 5. The molecule has 134 valence electrons. The Labute approximate surface area is 144 Å². The van der Waals surface area contributed by atoms with Crippen molar-refractivity contribution in [2.45, 2.75) is 57.9 Å². The molecule has 1 saturated carbocycles. The molecule has 2 heterocycles. The zero-order valence-corrected chi connectivity index (χ0v) is 14.3. The molecule has 1 N–H and O–H groups in total. The zero-order valence-electron chi connectivity index (χ0n) is 14.3. The molecule has 2 aromatic rings. The lowest BCUT2D eigenvalue weighted by molar-refractivity contribution is -0.107. The molecule has 1 aliphatic carbocycles. The molecule has 8 heteroatoms. The molecule has 3 rings (SSSR count). The van der Waals surface area contributed by atoms with Crippen LogP contribution in [0.3, 0.4) is 0 Å². The molecule has 0 radical (unpaired) electrons. The van der Waals surface area contributed by atoms with E-state index in [2.05, 4.69) is 20.4 Å². The van der Waals surface area contributed by atoms with Gasteiger partial charge in [-0.1, -0.05) is 0 Å². The normalized spacial score (nSPS) is 17.4. The molecule has 0 bridgehead atoms. The maximum absolute atomic E-state index is 13.3. The fourth-order valence-electron chi connectivity index (χ4n) is 3.07. The molecule has 0 atom stereocenters. The molecular formula is C17H21F2N5O. The van der Waals surface area contributed by atoms with E-state index >= 15 is 0 Å². The minimum absolute atomic E-state index is 0.0630. The van der Waals surface area contributed by atoms with Gasteiger partial charge in [-0.2, -0.15) is 10.1 Å². The molecular weight excluding hydrogens is 328 g/mol. The summed E-state index contributed by atoms with van der Waals surface area (Å²) in [5.74, 6) is -1.67. The molecule has 1 fully saturated rings. The summed E-state index contributed by atoms with van der Waals surface area (Å²) in [5, 5.41) is 7.58. The maximum Gasteiger partial charge on any atom is 0.252 e. The number of halogens is 2. The van der Waals surface area contributed by atoms with Gasteiger partial charge in [0.15, 0.2) is 0 Å². The van der Waals surface area contributed by atoms with Gasteiger partial charge in [0.05, 0.1) is 11.4 Å². The van der Waals surface area contributed by atoms with Crippen LogP contribution in [-0.2, 0) is 11.2 Å². The van der Waals surface area contributed by atoms with E-state index in [1.165, 1.54) is 0 Å². The van der Waals surface area contributed by atoms with E-state index in [-0.39, 0.29) is 25.3 Å². The number of aromatic nitrogens is 4. The Hall–Kier alpha value is -2.38. The molecule has 25 heavy (non-hydrogen) atoms. The van der Waals surface area contributed by atoms with Gasteiger partial charge < -0.3 is 10.1 Å². The summed E-state index contributed by atoms with van der Waals surface area (Å²) in [4.78, 5) is 19.7. The number of hydrogen-bond acceptors (Lipinski definition) is 5. The highest BCUT2D eigenvalue weighted by Crippen LogP contribution is 2.34. The SMILES string of the molecule is Cc1cc(C)n(-c2nc(CC=O)cc(NC3CCC(F)(F)CC3)n2)n1. The van der Waals surface area contributed by atoms with Crippen molar-refractivity contribution in [3.8, 4) is 5.95 Å². The van der Waals surface area contributed by atoms with Crippen molar-refractivity contribution in [3.63, 3.8) is 0 Å². The van der Waals surface area contributed by atoms with Crippen molar-refractivity contribution in [2.75, 3.05) is 5.32 Å². The van der Waals surface area contributed by atoms with Crippen LogP contribution >= 0.6 is 0 Å². The van der Waals surface area contributed by atoms with Crippen LogP contribution in [0.2, 0.25) is 0 Å². The molecule has 2 aromatic heterocycles. The first kappa shape index (κ1) is 17.4. The highest BCUT2D eigenvalue weighted by molar-refractivity contribution is 5.55. The number of hydrogen-bond donors (Lipinski definition) is 1. The van der Waals surface area contributed by atoms with E-state index in [1.807, 2.05) is 19.9 Å². The third-order valence-electron chi connectivity index (χ3n) is 4.33. The maximum atomic E-state index is 13.3. The molecule has 6 nitrogen and oxygen atoms in total. The minimum Gasteiger partial charge on any atom is -0.367 e. The van der Waals surface area contributed by atoms with Gasteiger partial charge >= 0.3 is 0 Å². The van der Waals surface area contributed by atoms with E-state index in [0.29, 0.717) is 30.3 Å². The van der Waals surface area contributed by atoms with Crippen LogP contribution in [0.5, 0.6) is 0 Å². The van der Waals surface area contributed by atoms with Crippen molar-refractivity contribution in [1.82, 2.24) is 19.7 Å². The molecule has 0 amide bonds. The lowest BCUT2D eigenvalue weighted by Crippen LogP contribution is -2.32. The average molecular weight is 349 g/mol. The van der Waals surface area contributed by atoms with Crippen LogP contribution in [0.1, 0.15) is 42.8 Å². The zero-order chi connectivity index (χ0) is 18.0. The number of nitrogens with zero attached hydrogens (tertiary/aromatic N) is 4. The topological polar surface area (TPSA) is 72.7 Å². The van der Waals surface area contributed by atoms with Gasteiger partial charge in [0, 0.05) is 37.1 Å². The van der Waals surface area contributed by atoms with Crippen molar-refractivity contribution in [1.29, 1.82) is 0 Å². The second-order valence-electron chi connectivity index (χ2n) is 6.53. The Morgan fingerprint density at radius 1 is 1.28 bits per heavy atom. The number of aryl methyl sites for hydroxylation is 2. The number of carbonyl (C=O) groups is 1. The molecule has 0 aromatic carbocycles. The van der Waals surface area contributed by atoms with Crippen LogP contribution in [0, 0.1) is 13.8 Å². The molecule has 0 aliphatic heterocycles. The van der Waals surface area contributed by atoms with Gasteiger partial charge in [-0.15, -0.1) is 0 Å². The van der Waals surface area contributed by atoms with Crippen LogP contribution in [0.15, 0.2) is 12.1 Å². The molecule has 0 spiro atoms. The van der Waals surface area contributed by atoms with Crippen LogP contribution in [-0.4, -0.2) is 38.0 Å². The Morgan fingerprint density at radius 2 is 2.00 bits per heavy atom. The Kier molecular flexibility index (Phi) is 4.78. The fourth-order valence-corrected chi connectivity index (χ4v) is 3.07. The van der Waals surface area contributed by atoms with Crippen LogP contribution < -0.4 is 5.32 Å². The van der Waals surface area contributed by atoms with Crippen molar-refractivity contribution in [2.24, 2.45) is 0 Å². The molecule has 0 saturated heterocycles. The molecule has 0 unspecified atom stereocenters. The Balaban J connectivity index is 1.86. The largest absolute Gasteiger partial charge is 0.367 e. The summed E-state index contributed by atoms with van der Waals surface area (Å²) < 4.78 is 28.2. The lowest BCUT2D eigenvalue weighted by Gasteiger charge is -2.29. The predicted molar refractivity (Wildman–Crippen MR) is 89.2 cm³/mol. The van der Waals surface area contributed by atoms with E-state index in [1.54, 1.807) is 10.7 Å². The third kappa shape index (κ3) is 4.18. The highest BCUT2D eigenvalue weighted by atomic mass is 19.3. The second-order valence-corrected chi connectivity index (χ2v) is 6.53. The number of carbonyl (C=O) groups excluding carboxylic acids is 1. The summed E-state index contributed by atoms with van der Waals surface area (Å²) in [6.07, 6.45) is 1.46. The van der Waals surface area contributed by atoms with E-state index in [9.17, 15) is 13.6 Å². The van der Waals surface area contributed by atoms with E-state index in [0.717, 1.165) is 17.7 Å². The van der Waals surface area contributed by atoms with Gasteiger partial charge in [-0.3, -0.25) is 0 Å². The van der Waals surface area contributed by atoms with Gasteiger partial charge in [0.25, 0.3) is 5.95 Å². The van der Waals surface area contributed by atoms with Crippen molar-refractivity contribution < 1.29 is 13.6 Å².